The van der Waals surface area contributed by atoms with E-state index in [0.717, 1.165) is 40.4 Å². The van der Waals surface area contributed by atoms with Gasteiger partial charge in [-0.2, -0.15) is 0 Å². The molecule has 0 aliphatic heterocycles. The van der Waals surface area contributed by atoms with Crippen LogP contribution in [0.25, 0.3) is 33.9 Å². The zero-order valence-corrected chi connectivity index (χ0v) is 14.6. The Morgan fingerprint density at radius 1 is 0.731 bits per heavy atom. The van der Waals surface area contributed by atoms with E-state index < -0.39 is 0 Å². The number of halogens is 1. The second-order valence-electron chi connectivity index (χ2n) is 6.12. The fourth-order valence-corrected chi connectivity index (χ4v) is 3.27. The van der Waals surface area contributed by atoms with Crippen molar-refractivity contribution in [2.45, 2.75) is 13.5 Å². The summed E-state index contributed by atoms with van der Waals surface area (Å²) in [5.74, 6) is 0.611. The van der Waals surface area contributed by atoms with Crippen molar-refractivity contribution in [2.24, 2.45) is 0 Å². The second kappa shape index (κ2) is 6.96. The summed E-state index contributed by atoms with van der Waals surface area (Å²) in [6, 6.07) is 27.0. The van der Waals surface area contributed by atoms with Crippen molar-refractivity contribution in [2.75, 3.05) is 0 Å². The van der Waals surface area contributed by atoms with E-state index in [-0.39, 0.29) is 5.82 Å². The first kappa shape index (κ1) is 16.3. The highest BCUT2D eigenvalue weighted by atomic mass is 19.1. The van der Waals surface area contributed by atoms with Crippen LogP contribution in [0.3, 0.4) is 0 Å². The molecule has 4 aromatic rings. The van der Waals surface area contributed by atoms with Gasteiger partial charge in [-0.05, 0) is 31.2 Å². The molecule has 0 aliphatic rings. The Morgan fingerprint density at radius 3 is 1.88 bits per heavy atom. The number of rotatable bonds is 4. The molecule has 3 heteroatoms. The van der Waals surface area contributed by atoms with Crippen LogP contribution in [0.2, 0.25) is 0 Å². The molecule has 128 valence electrons. The van der Waals surface area contributed by atoms with Crippen LogP contribution in [0.15, 0.2) is 84.9 Å². The number of hydrogen-bond acceptors (Lipinski definition) is 1. The fraction of sp³-hybridized carbons (Fsp3) is 0.0870. The van der Waals surface area contributed by atoms with Crippen molar-refractivity contribution in [3.63, 3.8) is 0 Å². The molecule has 4 rings (SSSR count). The first-order valence-corrected chi connectivity index (χ1v) is 8.75. The van der Waals surface area contributed by atoms with E-state index >= 15 is 0 Å². The van der Waals surface area contributed by atoms with Crippen LogP contribution >= 0.6 is 0 Å². The molecule has 2 nitrogen and oxygen atoms in total. The first-order valence-electron chi connectivity index (χ1n) is 8.75. The number of imidazole rings is 1. The average Bonchev–Trinajstić information content (AvgIpc) is 3.09. The third-order valence-corrected chi connectivity index (χ3v) is 4.48. The van der Waals surface area contributed by atoms with Gasteiger partial charge in [-0.1, -0.05) is 60.7 Å². The van der Waals surface area contributed by atoms with Gasteiger partial charge in [0.2, 0.25) is 0 Å². The molecule has 0 aliphatic carbocycles. The predicted molar refractivity (Wildman–Crippen MR) is 104 cm³/mol. The van der Waals surface area contributed by atoms with Crippen LogP contribution in [-0.4, -0.2) is 9.55 Å². The van der Waals surface area contributed by atoms with Gasteiger partial charge in [0.15, 0.2) is 0 Å². The zero-order chi connectivity index (χ0) is 17.9. The molecule has 3 aromatic carbocycles. The predicted octanol–water partition coefficient (Wildman–Crippen LogP) is 6.04. The number of aromatic nitrogens is 2. The molecule has 0 N–H and O–H groups in total. The summed E-state index contributed by atoms with van der Waals surface area (Å²) in [4.78, 5) is 4.97. The summed E-state index contributed by atoms with van der Waals surface area (Å²) in [7, 11) is 0. The van der Waals surface area contributed by atoms with E-state index in [9.17, 15) is 4.39 Å². The Bertz CT molecular complexity index is 1000. The van der Waals surface area contributed by atoms with Crippen LogP contribution < -0.4 is 0 Å². The molecule has 0 spiro atoms. The zero-order valence-electron chi connectivity index (χ0n) is 14.6. The lowest BCUT2D eigenvalue weighted by Crippen LogP contribution is -2.00. The van der Waals surface area contributed by atoms with Gasteiger partial charge >= 0.3 is 0 Å². The smallest absolute Gasteiger partial charge is 0.141 e. The quantitative estimate of drug-likeness (QED) is 0.442. The monoisotopic (exact) mass is 342 g/mol. The maximum atomic E-state index is 13.4. The van der Waals surface area contributed by atoms with E-state index in [0.29, 0.717) is 0 Å². The Balaban J connectivity index is 2.00. The molecule has 0 radical (unpaired) electrons. The van der Waals surface area contributed by atoms with Crippen molar-refractivity contribution in [3.05, 3.63) is 90.7 Å². The third-order valence-electron chi connectivity index (χ3n) is 4.48. The van der Waals surface area contributed by atoms with E-state index in [2.05, 4.69) is 35.8 Å². The summed E-state index contributed by atoms with van der Waals surface area (Å²) in [6.45, 7) is 2.88. The number of hydrogen-bond donors (Lipinski definition) is 0. The Labute approximate surface area is 152 Å². The standard InChI is InChI=1S/C23H19FN2/c1-2-26-22(18-11-7-4-8-12-18)21(17-9-5-3-6-10-17)25-23(26)19-13-15-20(24)16-14-19/h3-16H,2H2,1H3. The van der Waals surface area contributed by atoms with E-state index in [1.54, 1.807) is 12.1 Å². The Morgan fingerprint density at radius 2 is 1.31 bits per heavy atom. The van der Waals surface area contributed by atoms with Crippen LogP contribution in [0.4, 0.5) is 4.39 Å². The third kappa shape index (κ3) is 2.92. The normalized spacial score (nSPS) is 10.8. The molecule has 1 aromatic heterocycles. The van der Waals surface area contributed by atoms with Crippen molar-refractivity contribution < 1.29 is 4.39 Å². The lowest BCUT2D eigenvalue weighted by Gasteiger charge is -2.11. The fourth-order valence-electron chi connectivity index (χ4n) is 3.27. The molecule has 1 heterocycles. The molecule has 0 amide bonds. The highest BCUT2D eigenvalue weighted by Crippen LogP contribution is 2.36. The summed E-state index contributed by atoms with van der Waals surface area (Å²) in [5.41, 5.74) is 5.13. The summed E-state index contributed by atoms with van der Waals surface area (Å²) >= 11 is 0. The minimum Gasteiger partial charge on any atom is -0.324 e. The van der Waals surface area contributed by atoms with Crippen molar-refractivity contribution >= 4 is 0 Å². The molecule has 0 atom stereocenters. The van der Waals surface area contributed by atoms with Gasteiger partial charge in [-0.25, -0.2) is 9.37 Å². The lowest BCUT2D eigenvalue weighted by molar-refractivity contribution is 0.628. The van der Waals surface area contributed by atoms with Crippen molar-refractivity contribution in [1.29, 1.82) is 0 Å². The summed E-state index contributed by atoms with van der Waals surface area (Å²) in [5, 5.41) is 0. The van der Waals surface area contributed by atoms with Gasteiger partial charge < -0.3 is 4.57 Å². The van der Waals surface area contributed by atoms with Gasteiger partial charge in [0.25, 0.3) is 0 Å². The van der Waals surface area contributed by atoms with Gasteiger partial charge in [0, 0.05) is 23.2 Å². The van der Waals surface area contributed by atoms with Crippen molar-refractivity contribution in [3.8, 4) is 33.9 Å². The second-order valence-corrected chi connectivity index (χ2v) is 6.12. The maximum Gasteiger partial charge on any atom is 0.141 e. The highest BCUT2D eigenvalue weighted by molar-refractivity contribution is 5.82. The van der Waals surface area contributed by atoms with Gasteiger partial charge in [0.1, 0.15) is 11.6 Å². The van der Waals surface area contributed by atoms with Gasteiger partial charge in [0.05, 0.1) is 11.4 Å². The summed E-state index contributed by atoms with van der Waals surface area (Å²) in [6.07, 6.45) is 0. The van der Waals surface area contributed by atoms with E-state index in [4.69, 9.17) is 4.98 Å². The van der Waals surface area contributed by atoms with E-state index in [1.165, 1.54) is 12.1 Å². The van der Waals surface area contributed by atoms with Gasteiger partial charge in [-0.15, -0.1) is 0 Å². The topological polar surface area (TPSA) is 17.8 Å². The van der Waals surface area contributed by atoms with Crippen LogP contribution in [0, 0.1) is 5.82 Å². The molecule has 0 saturated carbocycles. The van der Waals surface area contributed by atoms with E-state index in [1.807, 2.05) is 36.4 Å². The number of nitrogens with zero attached hydrogens (tertiary/aromatic N) is 2. The minimum absolute atomic E-state index is 0.241. The van der Waals surface area contributed by atoms with Crippen LogP contribution in [0.5, 0.6) is 0 Å². The SMILES string of the molecule is CCn1c(-c2ccc(F)cc2)nc(-c2ccccc2)c1-c1ccccc1. The maximum absolute atomic E-state index is 13.4. The molecule has 0 bridgehead atoms. The highest BCUT2D eigenvalue weighted by Gasteiger charge is 2.20. The molecular formula is C23H19FN2. The molecule has 26 heavy (non-hydrogen) atoms. The average molecular weight is 342 g/mol. The van der Waals surface area contributed by atoms with Gasteiger partial charge in [-0.3, -0.25) is 0 Å². The minimum atomic E-state index is -0.241. The van der Waals surface area contributed by atoms with Crippen molar-refractivity contribution in [1.82, 2.24) is 9.55 Å². The Kier molecular flexibility index (Phi) is 4.36. The molecule has 0 saturated heterocycles. The first-order chi connectivity index (χ1) is 12.8. The molecule has 0 unspecified atom stereocenters. The summed E-state index contributed by atoms with van der Waals surface area (Å²) < 4.78 is 15.6. The Hall–Kier alpha value is -3.20. The largest absolute Gasteiger partial charge is 0.324 e. The van der Waals surface area contributed by atoms with Crippen LogP contribution in [0.1, 0.15) is 6.92 Å². The number of benzene rings is 3. The molecule has 0 fully saturated rings. The van der Waals surface area contributed by atoms with Crippen LogP contribution in [-0.2, 0) is 6.54 Å². The molecular weight excluding hydrogens is 323 g/mol. The lowest BCUT2D eigenvalue weighted by atomic mass is 10.0.